The molecule has 0 saturated carbocycles. The average molecular weight is 245 g/mol. The summed E-state index contributed by atoms with van der Waals surface area (Å²) in [4.78, 5) is 0. The summed E-state index contributed by atoms with van der Waals surface area (Å²) in [5, 5.41) is 7.13. The number of nitrogens with two attached hydrogens (primary N) is 1. The molecule has 1 heterocycles. The van der Waals surface area contributed by atoms with Gasteiger partial charge in [0, 0.05) is 11.1 Å². The van der Waals surface area contributed by atoms with Crippen LogP contribution in [0, 0.1) is 5.92 Å². The Morgan fingerprint density at radius 1 is 1.33 bits per heavy atom. The molecule has 0 bridgehead atoms. The average Bonchev–Trinajstić information content (AvgIpc) is 2.70. The fraction of sp³-hybridized carbons (Fsp3) is 0.357. The first-order chi connectivity index (χ1) is 8.63. The Labute approximate surface area is 107 Å². The molecule has 0 fully saturated rings. The molecule has 0 radical (unpaired) electrons. The molecule has 0 spiro atoms. The van der Waals surface area contributed by atoms with Crippen molar-refractivity contribution in [1.82, 2.24) is 10.2 Å². The van der Waals surface area contributed by atoms with Crippen molar-refractivity contribution < 1.29 is 4.74 Å². The van der Waals surface area contributed by atoms with Gasteiger partial charge in [-0.1, -0.05) is 26.0 Å². The topological polar surface area (TPSA) is 63.9 Å². The molecule has 4 heteroatoms. The second kappa shape index (κ2) is 5.12. The fourth-order valence-electron chi connectivity index (χ4n) is 2.07. The van der Waals surface area contributed by atoms with Crippen LogP contribution in [0.15, 0.2) is 24.3 Å². The van der Waals surface area contributed by atoms with Crippen molar-refractivity contribution in [3.05, 3.63) is 29.8 Å². The van der Waals surface area contributed by atoms with Crippen molar-refractivity contribution in [3.63, 3.8) is 0 Å². The zero-order chi connectivity index (χ0) is 13.1. The highest BCUT2D eigenvalue weighted by Gasteiger charge is 2.16. The molecule has 1 aromatic heterocycles. The van der Waals surface area contributed by atoms with Crippen molar-refractivity contribution in [2.45, 2.75) is 20.3 Å². The summed E-state index contributed by atoms with van der Waals surface area (Å²) in [5.41, 5.74) is 8.96. The van der Waals surface area contributed by atoms with E-state index in [1.54, 1.807) is 7.11 Å². The van der Waals surface area contributed by atoms with Crippen LogP contribution in [0.1, 0.15) is 19.4 Å². The van der Waals surface area contributed by atoms with E-state index >= 15 is 0 Å². The van der Waals surface area contributed by atoms with Gasteiger partial charge in [-0.15, -0.1) is 0 Å². The number of methoxy groups -OCH3 is 1. The Bertz CT molecular complexity index is 532. The van der Waals surface area contributed by atoms with Gasteiger partial charge in [0.1, 0.15) is 11.6 Å². The summed E-state index contributed by atoms with van der Waals surface area (Å²) in [6, 6.07) is 7.87. The number of ether oxygens (including phenoxy) is 1. The lowest BCUT2D eigenvalue weighted by molar-refractivity contribution is 0.416. The zero-order valence-corrected chi connectivity index (χ0v) is 11.0. The van der Waals surface area contributed by atoms with Crippen molar-refractivity contribution in [1.29, 1.82) is 0 Å². The second-order valence-electron chi connectivity index (χ2n) is 4.76. The summed E-state index contributed by atoms with van der Waals surface area (Å²) in [6.07, 6.45) is 0.899. The van der Waals surface area contributed by atoms with Gasteiger partial charge in [-0.2, -0.15) is 5.10 Å². The highest BCUT2D eigenvalue weighted by atomic mass is 16.5. The smallest absolute Gasteiger partial charge is 0.149 e. The lowest BCUT2D eigenvalue weighted by Gasteiger charge is -2.10. The van der Waals surface area contributed by atoms with Crippen LogP contribution in [0.25, 0.3) is 11.3 Å². The molecule has 0 unspecified atom stereocenters. The third-order valence-corrected chi connectivity index (χ3v) is 2.89. The normalized spacial score (nSPS) is 10.9. The largest absolute Gasteiger partial charge is 0.496 e. The second-order valence-corrected chi connectivity index (χ2v) is 4.76. The van der Waals surface area contributed by atoms with Gasteiger partial charge in [-0.3, -0.25) is 5.10 Å². The van der Waals surface area contributed by atoms with Gasteiger partial charge in [0.25, 0.3) is 0 Å². The maximum Gasteiger partial charge on any atom is 0.149 e. The SMILES string of the molecule is COc1ccccc1-c1[nH]nc(N)c1CC(C)C. The van der Waals surface area contributed by atoms with Gasteiger partial charge in [0.05, 0.1) is 12.8 Å². The van der Waals surface area contributed by atoms with Gasteiger partial charge in [0.2, 0.25) is 0 Å². The Balaban J connectivity index is 2.50. The number of nitrogens with zero attached hydrogens (tertiary/aromatic N) is 1. The number of anilines is 1. The van der Waals surface area contributed by atoms with E-state index in [9.17, 15) is 0 Å². The Hall–Kier alpha value is -1.97. The van der Waals surface area contributed by atoms with E-state index in [1.165, 1.54) is 0 Å². The third kappa shape index (κ3) is 2.32. The molecule has 0 aliphatic carbocycles. The van der Waals surface area contributed by atoms with Crippen LogP contribution in [0.5, 0.6) is 5.75 Å². The van der Waals surface area contributed by atoms with E-state index < -0.39 is 0 Å². The van der Waals surface area contributed by atoms with Gasteiger partial charge >= 0.3 is 0 Å². The van der Waals surface area contributed by atoms with Crippen LogP contribution in [-0.4, -0.2) is 17.3 Å². The number of H-pyrrole nitrogens is 1. The van der Waals surface area contributed by atoms with Gasteiger partial charge in [0.15, 0.2) is 0 Å². The lowest BCUT2D eigenvalue weighted by atomic mass is 9.99. The molecule has 96 valence electrons. The number of para-hydroxylation sites is 1. The molecular weight excluding hydrogens is 226 g/mol. The Morgan fingerprint density at radius 3 is 2.72 bits per heavy atom. The lowest BCUT2D eigenvalue weighted by Crippen LogP contribution is -1.99. The third-order valence-electron chi connectivity index (χ3n) is 2.89. The van der Waals surface area contributed by atoms with Crippen LogP contribution in [-0.2, 0) is 6.42 Å². The summed E-state index contributed by atoms with van der Waals surface area (Å²) in [6.45, 7) is 4.33. The molecule has 4 nitrogen and oxygen atoms in total. The highest BCUT2D eigenvalue weighted by Crippen LogP contribution is 2.33. The van der Waals surface area contributed by atoms with E-state index in [4.69, 9.17) is 10.5 Å². The first kappa shape index (κ1) is 12.5. The van der Waals surface area contributed by atoms with E-state index in [2.05, 4.69) is 24.0 Å². The molecule has 3 N–H and O–H groups in total. The first-order valence-corrected chi connectivity index (χ1v) is 6.09. The van der Waals surface area contributed by atoms with Crippen LogP contribution in [0.4, 0.5) is 5.82 Å². The predicted octanol–water partition coefficient (Wildman–Crippen LogP) is 2.87. The summed E-state index contributed by atoms with van der Waals surface area (Å²) >= 11 is 0. The number of hydrogen-bond donors (Lipinski definition) is 2. The highest BCUT2D eigenvalue weighted by molar-refractivity contribution is 5.73. The number of hydrogen-bond acceptors (Lipinski definition) is 3. The van der Waals surface area contributed by atoms with E-state index in [0.717, 1.165) is 29.0 Å². The molecule has 2 aromatic rings. The number of nitrogens with one attached hydrogen (secondary N) is 1. The van der Waals surface area contributed by atoms with Crippen molar-refractivity contribution >= 4 is 5.82 Å². The molecule has 0 saturated heterocycles. The standard InChI is InChI=1S/C14H19N3O/c1-9(2)8-11-13(16-17-14(11)15)10-6-4-5-7-12(10)18-3/h4-7,9H,8H2,1-3H3,(H3,15,16,17). The van der Waals surface area contributed by atoms with E-state index in [1.807, 2.05) is 24.3 Å². The molecule has 2 rings (SSSR count). The number of nitrogen functional groups attached to an aromatic ring is 1. The van der Waals surface area contributed by atoms with E-state index in [-0.39, 0.29) is 0 Å². The number of aromatic nitrogens is 2. The molecule has 0 amide bonds. The number of rotatable bonds is 4. The molecule has 0 atom stereocenters. The van der Waals surface area contributed by atoms with E-state index in [0.29, 0.717) is 11.7 Å². The Morgan fingerprint density at radius 2 is 2.06 bits per heavy atom. The van der Waals surface area contributed by atoms with Crippen molar-refractivity contribution in [2.24, 2.45) is 5.92 Å². The summed E-state index contributed by atoms with van der Waals surface area (Å²) in [7, 11) is 1.67. The van der Waals surface area contributed by atoms with Gasteiger partial charge in [-0.25, -0.2) is 0 Å². The summed E-state index contributed by atoms with van der Waals surface area (Å²) < 4.78 is 5.38. The van der Waals surface area contributed by atoms with Crippen LogP contribution in [0.2, 0.25) is 0 Å². The maximum absolute atomic E-state index is 5.94. The minimum absolute atomic E-state index is 0.526. The molecule has 0 aliphatic heterocycles. The van der Waals surface area contributed by atoms with Gasteiger partial charge < -0.3 is 10.5 Å². The number of aromatic amines is 1. The fourth-order valence-corrected chi connectivity index (χ4v) is 2.07. The minimum Gasteiger partial charge on any atom is -0.496 e. The maximum atomic E-state index is 5.94. The molecular formula is C14H19N3O. The number of benzene rings is 1. The van der Waals surface area contributed by atoms with Crippen LogP contribution >= 0.6 is 0 Å². The predicted molar refractivity (Wildman–Crippen MR) is 73.5 cm³/mol. The van der Waals surface area contributed by atoms with Crippen LogP contribution < -0.4 is 10.5 Å². The first-order valence-electron chi connectivity index (χ1n) is 6.09. The molecule has 18 heavy (non-hydrogen) atoms. The van der Waals surface area contributed by atoms with Gasteiger partial charge in [-0.05, 0) is 24.5 Å². The zero-order valence-electron chi connectivity index (χ0n) is 11.0. The minimum atomic E-state index is 0.526. The van der Waals surface area contributed by atoms with Crippen LogP contribution in [0.3, 0.4) is 0 Å². The molecule has 0 aliphatic rings. The quantitative estimate of drug-likeness (QED) is 0.870. The Kier molecular flexibility index (Phi) is 3.55. The van der Waals surface area contributed by atoms with Crippen molar-refractivity contribution in [2.75, 3.05) is 12.8 Å². The monoisotopic (exact) mass is 245 g/mol. The molecule has 1 aromatic carbocycles. The van der Waals surface area contributed by atoms with Crippen molar-refractivity contribution in [3.8, 4) is 17.0 Å². The summed E-state index contributed by atoms with van der Waals surface area (Å²) in [5.74, 6) is 1.93.